The zero-order valence-electron chi connectivity index (χ0n) is 12.7. The highest BCUT2D eigenvalue weighted by Gasteiger charge is 2.42. The average molecular weight is 344 g/mol. The normalized spacial score (nSPS) is 27.0. The molecular formula is C16H20ClF2N3O. The standard InChI is InChI=1S/C16H20ClF2N3O/c17-12-5-1-2-6-14(12)22-7-3-4-11(9-22)21-15(23)13-8-16(18,19)10-20-13/h1-2,5-6,11,13,20H,3-4,7-10H2,(H,21,23). The summed E-state index contributed by atoms with van der Waals surface area (Å²) in [6.07, 6.45) is 1.33. The van der Waals surface area contributed by atoms with Crippen LogP contribution in [0.1, 0.15) is 19.3 Å². The van der Waals surface area contributed by atoms with Gasteiger partial charge < -0.3 is 10.2 Å². The molecule has 0 aliphatic carbocycles. The van der Waals surface area contributed by atoms with Gasteiger partial charge in [-0.05, 0) is 25.0 Å². The Morgan fingerprint density at radius 1 is 1.39 bits per heavy atom. The third-order valence-corrected chi connectivity index (χ3v) is 4.71. The molecule has 0 bridgehead atoms. The van der Waals surface area contributed by atoms with Crippen LogP contribution in [0.3, 0.4) is 0 Å². The summed E-state index contributed by atoms with van der Waals surface area (Å²) < 4.78 is 26.4. The van der Waals surface area contributed by atoms with E-state index in [0.717, 1.165) is 25.1 Å². The molecule has 2 aliphatic heterocycles. The minimum absolute atomic E-state index is 0.0523. The zero-order valence-corrected chi connectivity index (χ0v) is 13.5. The first-order valence-corrected chi connectivity index (χ1v) is 8.23. The number of para-hydroxylation sites is 1. The van der Waals surface area contributed by atoms with Crippen LogP contribution in [0.25, 0.3) is 0 Å². The second-order valence-corrected chi connectivity index (χ2v) is 6.65. The van der Waals surface area contributed by atoms with Crippen molar-refractivity contribution in [3.63, 3.8) is 0 Å². The molecule has 126 valence electrons. The van der Waals surface area contributed by atoms with Crippen molar-refractivity contribution in [2.75, 3.05) is 24.5 Å². The molecule has 2 saturated heterocycles. The van der Waals surface area contributed by atoms with Crippen molar-refractivity contribution in [2.24, 2.45) is 0 Å². The summed E-state index contributed by atoms with van der Waals surface area (Å²) in [5.74, 6) is -3.13. The molecule has 0 saturated carbocycles. The number of halogens is 3. The van der Waals surface area contributed by atoms with Crippen LogP contribution in [0.2, 0.25) is 5.02 Å². The number of carbonyl (C=O) groups is 1. The number of nitrogens with one attached hydrogen (secondary N) is 2. The number of hydrogen-bond acceptors (Lipinski definition) is 3. The van der Waals surface area contributed by atoms with Crippen molar-refractivity contribution < 1.29 is 13.6 Å². The van der Waals surface area contributed by atoms with Crippen molar-refractivity contribution in [1.29, 1.82) is 0 Å². The Kier molecular flexibility index (Phi) is 4.73. The van der Waals surface area contributed by atoms with Gasteiger partial charge in [0, 0.05) is 25.6 Å². The highest BCUT2D eigenvalue weighted by Crippen LogP contribution is 2.28. The van der Waals surface area contributed by atoms with Gasteiger partial charge in [-0.15, -0.1) is 0 Å². The van der Waals surface area contributed by atoms with Gasteiger partial charge in [-0.1, -0.05) is 23.7 Å². The highest BCUT2D eigenvalue weighted by molar-refractivity contribution is 6.33. The Morgan fingerprint density at radius 2 is 2.17 bits per heavy atom. The number of benzene rings is 1. The number of alkyl halides is 2. The van der Waals surface area contributed by atoms with Crippen LogP contribution in [-0.2, 0) is 4.79 Å². The number of hydrogen-bond donors (Lipinski definition) is 2. The van der Waals surface area contributed by atoms with Gasteiger partial charge in [0.1, 0.15) is 0 Å². The minimum Gasteiger partial charge on any atom is -0.368 e. The number of rotatable bonds is 3. The van der Waals surface area contributed by atoms with E-state index < -0.39 is 24.9 Å². The Labute approximate surface area is 139 Å². The SMILES string of the molecule is O=C(NC1CCCN(c2ccccc2Cl)C1)C1CC(F)(F)CN1. The fourth-order valence-electron chi connectivity index (χ4n) is 3.22. The van der Waals surface area contributed by atoms with E-state index in [0.29, 0.717) is 11.6 Å². The first kappa shape index (κ1) is 16.5. The van der Waals surface area contributed by atoms with Gasteiger partial charge in [0.05, 0.1) is 23.3 Å². The summed E-state index contributed by atoms with van der Waals surface area (Å²) in [5.41, 5.74) is 0.943. The molecule has 0 aromatic heterocycles. The number of anilines is 1. The van der Waals surface area contributed by atoms with Gasteiger partial charge in [0.25, 0.3) is 5.92 Å². The van der Waals surface area contributed by atoms with E-state index in [1.54, 1.807) is 0 Å². The molecule has 23 heavy (non-hydrogen) atoms. The van der Waals surface area contributed by atoms with Gasteiger partial charge in [-0.25, -0.2) is 8.78 Å². The first-order valence-electron chi connectivity index (χ1n) is 7.86. The summed E-state index contributed by atoms with van der Waals surface area (Å²) in [6.45, 7) is 1.08. The molecule has 1 amide bonds. The summed E-state index contributed by atoms with van der Waals surface area (Å²) in [6, 6.07) is 6.73. The lowest BCUT2D eigenvalue weighted by atomic mass is 10.0. The Morgan fingerprint density at radius 3 is 2.87 bits per heavy atom. The number of carbonyl (C=O) groups excluding carboxylic acids is 1. The minimum atomic E-state index is -2.79. The topological polar surface area (TPSA) is 44.4 Å². The van der Waals surface area contributed by atoms with Gasteiger partial charge in [0.15, 0.2) is 0 Å². The van der Waals surface area contributed by atoms with Crippen molar-refractivity contribution >= 4 is 23.2 Å². The summed E-state index contributed by atoms with van der Waals surface area (Å²) in [7, 11) is 0. The highest BCUT2D eigenvalue weighted by atomic mass is 35.5. The maximum Gasteiger partial charge on any atom is 0.262 e. The van der Waals surface area contributed by atoms with Crippen molar-refractivity contribution in [3.05, 3.63) is 29.3 Å². The Balaban J connectivity index is 1.59. The Bertz CT molecular complexity index is 584. The van der Waals surface area contributed by atoms with Crippen LogP contribution in [0.5, 0.6) is 0 Å². The summed E-state index contributed by atoms with van der Waals surface area (Å²) in [5, 5.41) is 6.17. The maximum atomic E-state index is 13.2. The van der Waals surface area contributed by atoms with E-state index in [-0.39, 0.29) is 11.9 Å². The van der Waals surface area contributed by atoms with E-state index in [1.807, 2.05) is 24.3 Å². The Hall–Kier alpha value is -1.40. The molecule has 3 rings (SSSR count). The molecule has 0 radical (unpaired) electrons. The average Bonchev–Trinajstić information content (AvgIpc) is 2.88. The van der Waals surface area contributed by atoms with Crippen LogP contribution in [0.15, 0.2) is 24.3 Å². The molecule has 2 heterocycles. The maximum absolute atomic E-state index is 13.2. The lowest BCUT2D eigenvalue weighted by Gasteiger charge is -2.35. The van der Waals surface area contributed by atoms with Crippen molar-refractivity contribution in [2.45, 2.75) is 37.3 Å². The van der Waals surface area contributed by atoms with Gasteiger partial charge in [0.2, 0.25) is 5.91 Å². The molecule has 7 heteroatoms. The number of piperidine rings is 1. The molecule has 4 nitrogen and oxygen atoms in total. The molecule has 1 aromatic carbocycles. The predicted molar refractivity (Wildman–Crippen MR) is 86.2 cm³/mol. The van der Waals surface area contributed by atoms with Gasteiger partial charge in [-0.3, -0.25) is 10.1 Å². The monoisotopic (exact) mass is 343 g/mol. The fourth-order valence-corrected chi connectivity index (χ4v) is 3.48. The number of nitrogens with zero attached hydrogens (tertiary/aromatic N) is 1. The van der Waals surface area contributed by atoms with E-state index >= 15 is 0 Å². The quantitative estimate of drug-likeness (QED) is 0.886. The second-order valence-electron chi connectivity index (χ2n) is 6.24. The van der Waals surface area contributed by atoms with Crippen molar-refractivity contribution in [3.8, 4) is 0 Å². The zero-order chi connectivity index (χ0) is 16.4. The van der Waals surface area contributed by atoms with Crippen LogP contribution in [0, 0.1) is 0 Å². The second kappa shape index (κ2) is 6.61. The lowest BCUT2D eigenvalue weighted by Crippen LogP contribution is -2.51. The molecule has 2 fully saturated rings. The molecule has 1 aromatic rings. The van der Waals surface area contributed by atoms with E-state index in [4.69, 9.17) is 11.6 Å². The van der Waals surface area contributed by atoms with Gasteiger partial charge in [-0.2, -0.15) is 0 Å². The molecular weight excluding hydrogens is 324 g/mol. The summed E-state index contributed by atoms with van der Waals surface area (Å²) in [4.78, 5) is 14.3. The molecule has 2 N–H and O–H groups in total. The predicted octanol–water partition coefficient (Wildman–Crippen LogP) is 2.42. The molecule has 0 spiro atoms. The van der Waals surface area contributed by atoms with Crippen LogP contribution in [-0.4, -0.2) is 43.5 Å². The third kappa shape index (κ3) is 3.93. The fraction of sp³-hybridized carbons (Fsp3) is 0.562. The first-order chi connectivity index (χ1) is 10.9. The van der Waals surface area contributed by atoms with E-state index in [2.05, 4.69) is 15.5 Å². The molecule has 2 aliphatic rings. The molecule has 2 atom stereocenters. The lowest BCUT2D eigenvalue weighted by molar-refractivity contribution is -0.124. The van der Waals surface area contributed by atoms with Crippen molar-refractivity contribution in [1.82, 2.24) is 10.6 Å². The van der Waals surface area contributed by atoms with Crippen LogP contribution < -0.4 is 15.5 Å². The largest absolute Gasteiger partial charge is 0.368 e. The third-order valence-electron chi connectivity index (χ3n) is 4.39. The van der Waals surface area contributed by atoms with Crippen LogP contribution in [0.4, 0.5) is 14.5 Å². The van der Waals surface area contributed by atoms with Gasteiger partial charge >= 0.3 is 0 Å². The van der Waals surface area contributed by atoms with Crippen LogP contribution >= 0.6 is 11.6 Å². The number of amides is 1. The van der Waals surface area contributed by atoms with E-state index in [1.165, 1.54) is 0 Å². The van der Waals surface area contributed by atoms with E-state index in [9.17, 15) is 13.6 Å². The molecule has 2 unspecified atom stereocenters. The summed E-state index contributed by atoms with van der Waals surface area (Å²) >= 11 is 6.22. The smallest absolute Gasteiger partial charge is 0.262 e.